The lowest BCUT2D eigenvalue weighted by molar-refractivity contribution is -0.121. The fourth-order valence-corrected chi connectivity index (χ4v) is 3.16. The number of thiophene rings is 1. The van der Waals surface area contributed by atoms with E-state index in [1.54, 1.807) is 40.4 Å². The highest BCUT2D eigenvalue weighted by atomic mass is 32.1. The predicted octanol–water partition coefficient (Wildman–Crippen LogP) is 3.75. The Labute approximate surface area is 145 Å². The smallest absolute Gasteiger partial charge is 0.251 e. The van der Waals surface area contributed by atoms with E-state index in [1.165, 1.54) is 0 Å². The Morgan fingerprint density at radius 2 is 2.08 bits per heavy atom. The lowest BCUT2D eigenvalue weighted by Crippen LogP contribution is -2.36. The highest BCUT2D eigenvalue weighted by Crippen LogP contribution is 2.25. The van der Waals surface area contributed by atoms with E-state index in [0.29, 0.717) is 6.54 Å². The van der Waals surface area contributed by atoms with Crippen LogP contribution in [0.15, 0.2) is 60.2 Å². The molecule has 1 unspecified atom stereocenters. The number of carbonyl (C=O) groups excluding carboxylic acids is 1. The van der Waals surface area contributed by atoms with Crippen LogP contribution < -0.4 is 9.64 Å². The summed E-state index contributed by atoms with van der Waals surface area (Å²) in [5, 5.41) is 6.21. The molecule has 2 aromatic heterocycles. The second-order valence-electron chi connectivity index (χ2n) is 5.36. The summed E-state index contributed by atoms with van der Waals surface area (Å²) in [5.41, 5.74) is 0.841. The molecule has 0 aliphatic heterocycles. The van der Waals surface area contributed by atoms with Gasteiger partial charge < -0.3 is 9.64 Å². The number of hydrogen-bond donors (Lipinski definition) is 0. The van der Waals surface area contributed by atoms with Crippen molar-refractivity contribution >= 4 is 22.9 Å². The molecular weight excluding hydrogens is 322 g/mol. The summed E-state index contributed by atoms with van der Waals surface area (Å²) < 4.78 is 6.88. The normalized spacial score (nSPS) is 11.9. The number of nitrogens with zero attached hydrogens (tertiary/aromatic N) is 3. The molecule has 0 spiro atoms. The van der Waals surface area contributed by atoms with E-state index in [2.05, 4.69) is 5.10 Å². The fourth-order valence-electron chi connectivity index (χ4n) is 2.47. The van der Waals surface area contributed by atoms with Gasteiger partial charge in [0.15, 0.2) is 0 Å². The fraction of sp³-hybridized carbons (Fsp3) is 0.222. The monoisotopic (exact) mass is 341 g/mol. The van der Waals surface area contributed by atoms with Crippen LogP contribution in [0.2, 0.25) is 0 Å². The quantitative estimate of drug-likeness (QED) is 0.686. The van der Waals surface area contributed by atoms with Crippen molar-refractivity contribution in [1.82, 2.24) is 9.78 Å². The number of amides is 1. The Hall–Kier alpha value is -2.60. The molecule has 0 aliphatic rings. The van der Waals surface area contributed by atoms with Gasteiger partial charge in [-0.25, -0.2) is 0 Å². The summed E-state index contributed by atoms with van der Waals surface area (Å²) in [5.74, 6) is 0.764. The number of ether oxygens (including phenoxy) is 1. The molecular formula is C18H19N3O2S. The lowest BCUT2D eigenvalue weighted by Gasteiger charge is -2.26. The first-order chi connectivity index (χ1) is 11.7. The van der Waals surface area contributed by atoms with Crippen molar-refractivity contribution in [2.24, 2.45) is 0 Å². The molecule has 0 N–H and O–H groups in total. The van der Waals surface area contributed by atoms with Gasteiger partial charge in [-0.05, 0) is 48.7 Å². The summed E-state index contributed by atoms with van der Waals surface area (Å²) in [6, 6.07) is 13.0. The molecule has 1 amide bonds. The highest BCUT2D eigenvalue weighted by molar-refractivity contribution is 7.09. The Morgan fingerprint density at radius 3 is 2.67 bits per heavy atom. The topological polar surface area (TPSA) is 47.4 Å². The van der Waals surface area contributed by atoms with E-state index in [9.17, 15) is 4.79 Å². The number of hydrogen-bond acceptors (Lipinski definition) is 4. The average Bonchev–Trinajstić information content (AvgIpc) is 3.32. The van der Waals surface area contributed by atoms with Crippen molar-refractivity contribution in [2.75, 3.05) is 12.0 Å². The van der Waals surface area contributed by atoms with Crippen LogP contribution in [0.1, 0.15) is 17.8 Å². The van der Waals surface area contributed by atoms with Gasteiger partial charge in [0.2, 0.25) is 0 Å². The summed E-state index contributed by atoms with van der Waals surface area (Å²) in [6.07, 6.45) is 3.49. The van der Waals surface area contributed by atoms with Crippen LogP contribution in [-0.2, 0) is 11.3 Å². The summed E-state index contributed by atoms with van der Waals surface area (Å²) in [6.45, 7) is 2.40. The molecule has 3 rings (SSSR count). The van der Waals surface area contributed by atoms with Crippen LogP contribution in [0.4, 0.5) is 5.69 Å². The standard InChI is InChI=1S/C18H19N3O2S/c1-14(21-11-4-10-19-21)18(22)20(13-17-5-3-12-24-17)15-6-8-16(23-2)9-7-15/h3-12,14H,13H2,1-2H3. The number of carbonyl (C=O) groups is 1. The number of benzene rings is 1. The third-order valence-corrected chi connectivity index (χ3v) is 4.68. The molecule has 2 heterocycles. The van der Waals surface area contributed by atoms with Gasteiger partial charge in [0.25, 0.3) is 5.91 Å². The van der Waals surface area contributed by atoms with Crippen LogP contribution in [0, 0.1) is 0 Å². The molecule has 5 nitrogen and oxygen atoms in total. The van der Waals surface area contributed by atoms with Gasteiger partial charge in [-0.3, -0.25) is 9.48 Å². The first kappa shape index (κ1) is 16.3. The maximum absolute atomic E-state index is 13.1. The van der Waals surface area contributed by atoms with Gasteiger partial charge in [-0.1, -0.05) is 6.07 Å². The molecule has 0 aliphatic carbocycles. The molecule has 3 aromatic rings. The maximum atomic E-state index is 13.1. The predicted molar refractivity (Wildman–Crippen MR) is 95.4 cm³/mol. The van der Waals surface area contributed by atoms with Crippen LogP contribution in [0.3, 0.4) is 0 Å². The summed E-state index contributed by atoms with van der Waals surface area (Å²) in [7, 11) is 1.63. The lowest BCUT2D eigenvalue weighted by atomic mass is 10.2. The minimum atomic E-state index is -0.373. The Morgan fingerprint density at radius 1 is 1.29 bits per heavy atom. The average molecular weight is 341 g/mol. The van der Waals surface area contributed by atoms with E-state index in [4.69, 9.17) is 4.74 Å². The van der Waals surface area contributed by atoms with Crippen LogP contribution in [0.5, 0.6) is 5.75 Å². The van der Waals surface area contributed by atoms with Gasteiger partial charge in [0.1, 0.15) is 11.8 Å². The van der Waals surface area contributed by atoms with E-state index in [0.717, 1.165) is 16.3 Å². The van der Waals surface area contributed by atoms with Crippen molar-refractivity contribution in [1.29, 1.82) is 0 Å². The SMILES string of the molecule is COc1ccc(N(Cc2cccs2)C(=O)C(C)n2cccn2)cc1. The van der Waals surface area contributed by atoms with Crippen LogP contribution in [-0.4, -0.2) is 22.8 Å². The van der Waals surface area contributed by atoms with Gasteiger partial charge in [-0.15, -0.1) is 11.3 Å². The molecule has 0 radical (unpaired) electrons. The Kier molecular flexibility index (Phi) is 4.96. The molecule has 0 bridgehead atoms. The molecule has 6 heteroatoms. The second kappa shape index (κ2) is 7.31. The zero-order valence-corrected chi connectivity index (χ0v) is 14.4. The molecule has 0 fully saturated rings. The van der Waals surface area contributed by atoms with E-state index in [1.807, 2.05) is 54.8 Å². The van der Waals surface area contributed by atoms with E-state index >= 15 is 0 Å². The zero-order valence-electron chi connectivity index (χ0n) is 13.6. The van der Waals surface area contributed by atoms with E-state index in [-0.39, 0.29) is 11.9 Å². The molecule has 124 valence electrons. The molecule has 0 saturated heterocycles. The van der Waals surface area contributed by atoms with Crippen molar-refractivity contribution in [3.63, 3.8) is 0 Å². The number of rotatable bonds is 6. The molecule has 1 atom stereocenters. The maximum Gasteiger partial charge on any atom is 0.251 e. The van der Waals surface area contributed by atoms with Crippen LogP contribution >= 0.6 is 11.3 Å². The Balaban J connectivity index is 1.89. The summed E-state index contributed by atoms with van der Waals surface area (Å²) in [4.78, 5) is 16.0. The molecule has 0 saturated carbocycles. The Bertz CT molecular complexity index is 767. The first-order valence-electron chi connectivity index (χ1n) is 7.66. The van der Waals surface area contributed by atoms with Gasteiger partial charge in [0, 0.05) is 23.0 Å². The van der Waals surface area contributed by atoms with Gasteiger partial charge >= 0.3 is 0 Å². The van der Waals surface area contributed by atoms with Crippen molar-refractivity contribution in [3.8, 4) is 5.75 Å². The number of anilines is 1. The third-order valence-electron chi connectivity index (χ3n) is 3.82. The largest absolute Gasteiger partial charge is 0.497 e. The van der Waals surface area contributed by atoms with Gasteiger partial charge in [0.05, 0.1) is 13.7 Å². The van der Waals surface area contributed by atoms with Crippen molar-refractivity contribution < 1.29 is 9.53 Å². The number of aromatic nitrogens is 2. The number of methoxy groups -OCH3 is 1. The molecule has 1 aromatic carbocycles. The third kappa shape index (κ3) is 3.49. The molecule has 24 heavy (non-hydrogen) atoms. The van der Waals surface area contributed by atoms with Crippen molar-refractivity contribution in [2.45, 2.75) is 19.5 Å². The minimum absolute atomic E-state index is 0.00253. The summed E-state index contributed by atoms with van der Waals surface area (Å²) >= 11 is 1.64. The highest BCUT2D eigenvalue weighted by Gasteiger charge is 2.24. The minimum Gasteiger partial charge on any atom is -0.497 e. The zero-order chi connectivity index (χ0) is 16.9. The van der Waals surface area contributed by atoms with Crippen LogP contribution in [0.25, 0.3) is 0 Å². The first-order valence-corrected chi connectivity index (χ1v) is 8.54. The van der Waals surface area contributed by atoms with E-state index < -0.39 is 0 Å². The van der Waals surface area contributed by atoms with Gasteiger partial charge in [-0.2, -0.15) is 5.10 Å². The second-order valence-corrected chi connectivity index (χ2v) is 6.40. The van der Waals surface area contributed by atoms with Crippen molar-refractivity contribution in [3.05, 3.63) is 65.1 Å².